The summed E-state index contributed by atoms with van der Waals surface area (Å²) in [7, 11) is 3.02. The van der Waals surface area contributed by atoms with Gasteiger partial charge >= 0.3 is 12.2 Å². The molecule has 3 aromatic heterocycles. The number of aryl methyl sites for hydroxylation is 2. The number of nitrogens with zero attached hydrogens (tertiary/aromatic N) is 4. The number of ether oxygens (including phenoxy) is 1. The van der Waals surface area contributed by atoms with Crippen LogP contribution in [0.15, 0.2) is 18.2 Å². The summed E-state index contributed by atoms with van der Waals surface area (Å²) in [5.41, 5.74) is 7.03. The van der Waals surface area contributed by atoms with E-state index in [4.69, 9.17) is 4.74 Å². The van der Waals surface area contributed by atoms with Crippen LogP contribution >= 0.6 is 0 Å². The Morgan fingerprint density at radius 1 is 1.19 bits per heavy atom. The zero-order chi connectivity index (χ0) is 22.9. The Labute approximate surface area is 176 Å². The van der Waals surface area contributed by atoms with Gasteiger partial charge in [0.05, 0.1) is 18.3 Å². The number of alkyl halides is 3. The molecule has 0 aliphatic rings. The van der Waals surface area contributed by atoms with Crippen molar-refractivity contribution in [3.05, 3.63) is 35.2 Å². The van der Waals surface area contributed by atoms with Gasteiger partial charge in [-0.1, -0.05) is 13.8 Å². The Hall–Kier alpha value is -3.57. The van der Waals surface area contributed by atoms with Gasteiger partial charge < -0.3 is 10.1 Å². The SMILES string of the molecule is COc1cc(NC(=O)NNc2cc(C(C)C)c3c(n2)c(C)nn3C)cc(C(F)(F)F)n1. The number of hydrogen-bond donors (Lipinski definition) is 3. The molecule has 0 atom stereocenters. The number of hydrogen-bond acceptors (Lipinski definition) is 6. The first-order valence-corrected chi connectivity index (χ1v) is 9.30. The van der Waals surface area contributed by atoms with E-state index in [1.165, 1.54) is 13.2 Å². The number of methoxy groups -OCH3 is 1. The van der Waals surface area contributed by atoms with Crippen molar-refractivity contribution in [3.8, 4) is 5.88 Å². The van der Waals surface area contributed by atoms with Gasteiger partial charge in [-0.2, -0.15) is 18.3 Å². The fraction of sp³-hybridized carbons (Fsp3) is 0.368. The van der Waals surface area contributed by atoms with Crippen molar-refractivity contribution in [3.63, 3.8) is 0 Å². The Kier molecular flexibility index (Phi) is 5.91. The second-order valence-electron chi connectivity index (χ2n) is 7.14. The highest BCUT2D eigenvalue weighted by atomic mass is 19.4. The Morgan fingerprint density at radius 3 is 2.52 bits per heavy atom. The normalized spacial score (nSPS) is 11.6. The Bertz CT molecular complexity index is 1130. The molecule has 0 aromatic carbocycles. The zero-order valence-electron chi connectivity index (χ0n) is 17.5. The number of carbonyl (C=O) groups excluding carboxylic acids is 1. The van der Waals surface area contributed by atoms with Crippen LogP contribution in [0.2, 0.25) is 0 Å². The first-order chi connectivity index (χ1) is 14.5. The lowest BCUT2D eigenvalue weighted by Crippen LogP contribution is -2.34. The molecule has 0 bridgehead atoms. The number of amides is 2. The monoisotopic (exact) mass is 437 g/mol. The van der Waals surface area contributed by atoms with Crippen molar-refractivity contribution in [2.24, 2.45) is 7.05 Å². The maximum Gasteiger partial charge on any atom is 0.433 e. The van der Waals surface area contributed by atoms with E-state index in [2.05, 4.69) is 31.2 Å². The van der Waals surface area contributed by atoms with E-state index >= 15 is 0 Å². The molecule has 0 aliphatic carbocycles. The summed E-state index contributed by atoms with van der Waals surface area (Å²) in [4.78, 5) is 20.0. The smallest absolute Gasteiger partial charge is 0.433 e. The van der Waals surface area contributed by atoms with E-state index in [1.54, 1.807) is 10.7 Å². The third-order valence-corrected chi connectivity index (χ3v) is 4.47. The molecule has 0 saturated carbocycles. The van der Waals surface area contributed by atoms with Gasteiger partial charge in [0.1, 0.15) is 11.3 Å². The summed E-state index contributed by atoms with van der Waals surface area (Å²) >= 11 is 0. The van der Waals surface area contributed by atoms with Crippen molar-refractivity contribution < 1.29 is 22.7 Å². The molecule has 12 heteroatoms. The highest BCUT2D eigenvalue weighted by Gasteiger charge is 2.33. The molecule has 3 N–H and O–H groups in total. The number of carbonyl (C=O) groups is 1. The van der Waals surface area contributed by atoms with Crippen LogP contribution in [0.4, 0.5) is 29.5 Å². The quantitative estimate of drug-likeness (QED) is 0.522. The number of urea groups is 1. The predicted molar refractivity (Wildman–Crippen MR) is 109 cm³/mol. The van der Waals surface area contributed by atoms with Crippen LogP contribution in [0, 0.1) is 6.92 Å². The van der Waals surface area contributed by atoms with Gasteiger partial charge in [0.15, 0.2) is 5.69 Å². The van der Waals surface area contributed by atoms with E-state index in [-0.39, 0.29) is 17.5 Å². The number of nitrogens with one attached hydrogen (secondary N) is 3. The molecular weight excluding hydrogens is 415 g/mol. The highest BCUT2D eigenvalue weighted by Crippen LogP contribution is 2.31. The van der Waals surface area contributed by atoms with Crippen LogP contribution in [-0.4, -0.2) is 32.9 Å². The summed E-state index contributed by atoms with van der Waals surface area (Å²) in [6, 6.07) is 2.88. The molecule has 0 radical (unpaired) electrons. The maximum atomic E-state index is 13.0. The van der Waals surface area contributed by atoms with Gasteiger partial charge in [0.25, 0.3) is 0 Å². The average Bonchev–Trinajstić information content (AvgIpc) is 2.98. The van der Waals surface area contributed by atoms with Crippen LogP contribution in [0.1, 0.15) is 36.7 Å². The van der Waals surface area contributed by atoms with Crippen molar-refractivity contribution in [1.82, 2.24) is 25.2 Å². The first kappa shape index (κ1) is 22.1. The molecule has 3 heterocycles. The lowest BCUT2D eigenvalue weighted by Gasteiger charge is -2.14. The molecule has 31 heavy (non-hydrogen) atoms. The Morgan fingerprint density at radius 2 is 1.90 bits per heavy atom. The van der Waals surface area contributed by atoms with E-state index in [9.17, 15) is 18.0 Å². The molecule has 0 aliphatic heterocycles. The fourth-order valence-electron chi connectivity index (χ4n) is 3.09. The molecule has 0 unspecified atom stereocenters. The standard InChI is InChI=1S/C19H22F3N7O2/c1-9(2)12-8-14(25-16-10(3)28-29(4)17(12)16)26-27-18(30)23-11-6-13(19(20,21)22)24-15(7-11)31-5/h6-9H,1-5H3,(H,25,26)(H2,23,24,27,30). The van der Waals surface area contributed by atoms with Gasteiger partial charge in [-0.15, -0.1) is 0 Å². The minimum atomic E-state index is -4.69. The Balaban J connectivity index is 1.79. The molecule has 3 rings (SSSR count). The van der Waals surface area contributed by atoms with Gasteiger partial charge in [-0.3, -0.25) is 15.5 Å². The minimum absolute atomic E-state index is 0.132. The maximum absolute atomic E-state index is 13.0. The van der Waals surface area contributed by atoms with E-state index in [0.29, 0.717) is 17.4 Å². The van der Waals surface area contributed by atoms with Gasteiger partial charge in [-0.05, 0) is 30.5 Å². The molecule has 166 valence electrons. The van der Waals surface area contributed by atoms with Crippen molar-refractivity contribution in [2.45, 2.75) is 32.9 Å². The molecular formula is C19H22F3N7O2. The number of halogens is 3. The van der Waals surface area contributed by atoms with Crippen LogP contribution in [0.25, 0.3) is 11.0 Å². The van der Waals surface area contributed by atoms with E-state index in [0.717, 1.165) is 16.8 Å². The summed E-state index contributed by atoms with van der Waals surface area (Å²) in [6.07, 6.45) is -4.69. The number of pyridine rings is 2. The van der Waals surface area contributed by atoms with Crippen molar-refractivity contribution >= 4 is 28.6 Å². The van der Waals surface area contributed by atoms with Gasteiger partial charge in [-0.25, -0.2) is 14.8 Å². The fourth-order valence-corrected chi connectivity index (χ4v) is 3.09. The van der Waals surface area contributed by atoms with Gasteiger partial charge in [0.2, 0.25) is 5.88 Å². The minimum Gasteiger partial charge on any atom is -0.481 e. The largest absolute Gasteiger partial charge is 0.481 e. The molecule has 0 saturated heterocycles. The number of aromatic nitrogens is 4. The molecule has 9 nitrogen and oxygen atoms in total. The second-order valence-corrected chi connectivity index (χ2v) is 7.14. The second kappa shape index (κ2) is 8.28. The summed E-state index contributed by atoms with van der Waals surface area (Å²) < 4.78 is 45.5. The first-order valence-electron chi connectivity index (χ1n) is 9.30. The summed E-state index contributed by atoms with van der Waals surface area (Å²) in [5, 5.41) is 6.70. The number of anilines is 2. The van der Waals surface area contributed by atoms with Crippen LogP contribution < -0.4 is 20.9 Å². The summed E-state index contributed by atoms with van der Waals surface area (Å²) in [5.74, 6) is 0.254. The number of hydrazine groups is 1. The van der Waals surface area contributed by atoms with E-state index < -0.39 is 17.9 Å². The topological polar surface area (TPSA) is 106 Å². The van der Waals surface area contributed by atoms with Crippen molar-refractivity contribution in [2.75, 3.05) is 17.9 Å². The summed E-state index contributed by atoms with van der Waals surface area (Å²) in [6.45, 7) is 5.88. The molecule has 3 aromatic rings. The lowest BCUT2D eigenvalue weighted by atomic mass is 10.0. The molecule has 2 amide bonds. The average molecular weight is 437 g/mol. The van der Waals surface area contributed by atoms with Crippen molar-refractivity contribution in [1.29, 1.82) is 0 Å². The number of rotatable bonds is 5. The lowest BCUT2D eigenvalue weighted by molar-refractivity contribution is -0.141. The van der Waals surface area contributed by atoms with Crippen LogP contribution in [0.5, 0.6) is 5.88 Å². The van der Waals surface area contributed by atoms with Crippen LogP contribution in [-0.2, 0) is 13.2 Å². The highest BCUT2D eigenvalue weighted by molar-refractivity contribution is 5.90. The van der Waals surface area contributed by atoms with E-state index in [1.807, 2.05) is 27.8 Å². The molecule has 0 spiro atoms. The predicted octanol–water partition coefficient (Wildman–Crippen LogP) is 3.97. The van der Waals surface area contributed by atoms with Crippen LogP contribution in [0.3, 0.4) is 0 Å². The van der Waals surface area contributed by atoms with Gasteiger partial charge in [0, 0.05) is 18.8 Å². The number of fused-ring (bicyclic) bond motifs is 1. The zero-order valence-corrected chi connectivity index (χ0v) is 17.5. The third-order valence-electron chi connectivity index (χ3n) is 4.47. The molecule has 0 fully saturated rings. The third kappa shape index (κ3) is 4.78.